The monoisotopic (exact) mass is 318 g/mol. The van der Waals surface area contributed by atoms with Crippen LogP contribution in [0.5, 0.6) is 0 Å². The topological polar surface area (TPSA) is 66.9 Å². The Balaban J connectivity index is 2.30. The van der Waals surface area contributed by atoms with E-state index in [0.717, 1.165) is 22.8 Å². The minimum atomic E-state index is -0.480. The Kier molecular flexibility index (Phi) is 4.81. The molecule has 2 N–H and O–H groups in total. The van der Waals surface area contributed by atoms with Crippen molar-refractivity contribution in [2.75, 3.05) is 12.4 Å². The second-order valence-electron chi connectivity index (χ2n) is 5.53. The molecule has 2 rings (SSSR count). The third-order valence-electron chi connectivity index (χ3n) is 3.70. The van der Waals surface area contributed by atoms with Gasteiger partial charge in [-0.25, -0.2) is 9.97 Å². The zero-order valence-corrected chi connectivity index (χ0v) is 14.5. The van der Waals surface area contributed by atoms with Crippen molar-refractivity contribution in [2.45, 2.75) is 39.7 Å². The van der Waals surface area contributed by atoms with Crippen molar-refractivity contribution in [1.29, 1.82) is 0 Å². The van der Waals surface area contributed by atoms with Crippen molar-refractivity contribution in [3.8, 4) is 0 Å². The lowest BCUT2D eigenvalue weighted by Crippen LogP contribution is -2.43. The van der Waals surface area contributed by atoms with Gasteiger partial charge in [-0.3, -0.25) is 4.79 Å². The Hall–Kier alpha value is -1.95. The van der Waals surface area contributed by atoms with E-state index in [2.05, 4.69) is 20.6 Å². The predicted octanol–water partition coefficient (Wildman–Crippen LogP) is 3.25. The van der Waals surface area contributed by atoms with Crippen molar-refractivity contribution >= 4 is 23.1 Å². The predicted molar refractivity (Wildman–Crippen MR) is 90.5 cm³/mol. The molecule has 1 amide bonds. The van der Waals surface area contributed by atoms with Crippen LogP contribution in [0.15, 0.2) is 17.5 Å². The Morgan fingerprint density at radius 3 is 2.55 bits per heavy atom. The zero-order chi connectivity index (χ0) is 16.3. The van der Waals surface area contributed by atoms with E-state index >= 15 is 0 Å². The minimum absolute atomic E-state index is 0.144. The highest BCUT2D eigenvalue weighted by Gasteiger charge is 2.30. The maximum Gasteiger partial charge on any atom is 0.255 e. The van der Waals surface area contributed by atoms with Crippen LogP contribution in [0, 0.1) is 13.8 Å². The molecular formula is C16H22N4OS. The van der Waals surface area contributed by atoms with Crippen LogP contribution in [0.2, 0.25) is 0 Å². The number of nitrogens with zero attached hydrogens (tertiary/aromatic N) is 2. The Bertz CT molecular complexity index is 683. The summed E-state index contributed by atoms with van der Waals surface area (Å²) < 4.78 is 0. The molecular weight excluding hydrogens is 296 g/mol. The van der Waals surface area contributed by atoms with Gasteiger partial charge in [0, 0.05) is 23.8 Å². The van der Waals surface area contributed by atoms with Gasteiger partial charge in [-0.1, -0.05) is 6.92 Å². The van der Waals surface area contributed by atoms with E-state index in [9.17, 15) is 4.79 Å². The fourth-order valence-electron chi connectivity index (χ4n) is 2.15. The number of aryl methyl sites for hydroxylation is 2. The molecule has 6 heteroatoms. The molecule has 118 valence electrons. The molecule has 0 saturated heterocycles. The molecule has 2 heterocycles. The number of hydrogen-bond donors (Lipinski definition) is 2. The SMILES string of the molecule is CCC(C)(NC(=O)c1ccc(C)nc1NC)c1nc(C)cs1. The van der Waals surface area contributed by atoms with Crippen LogP contribution in [0.25, 0.3) is 0 Å². The first-order chi connectivity index (χ1) is 10.4. The van der Waals surface area contributed by atoms with Crippen molar-refractivity contribution in [3.05, 3.63) is 39.5 Å². The van der Waals surface area contributed by atoms with Gasteiger partial charge < -0.3 is 10.6 Å². The van der Waals surface area contributed by atoms with E-state index in [1.807, 2.05) is 39.1 Å². The number of anilines is 1. The number of nitrogens with one attached hydrogen (secondary N) is 2. The standard InChI is InChI=1S/C16H22N4OS/c1-6-16(4,15-19-11(3)9-22-15)20-14(21)12-8-7-10(2)18-13(12)17-5/h7-9H,6H2,1-5H3,(H,17,18)(H,20,21). The van der Waals surface area contributed by atoms with Gasteiger partial charge in [0.1, 0.15) is 10.8 Å². The molecule has 0 fully saturated rings. The minimum Gasteiger partial charge on any atom is -0.372 e. The first kappa shape index (κ1) is 16.4. The third-order valence-corrected chi connectivity index (χ3v) is 4.93. The van der Waals surface area contributed by atoms with E-state index in [1.165, 1.54) is 0 Å². The maximum atomic E-state index is 12.7. The highest BCUT2D eigenvalue weighted by molar-refractivity contribution is 7.09. The molecule has 0 aromatic carbocycles. The number of carbonyl (C=O) groups excluding carboxylic acids is 1. The number of pyridine rings is 1. The summed E-state index contributed by atoms with van der Waals surface area (Å²) in [6, 6.07) is 3.64. The molecule has 0 aliphatic heterocycles. The van der Waals surface area contributed by atoms with Crippen LogP contribution in [0.1, 0.15) is 47.0 Å². The molecule has 2 aromatic heterocycles. The molecule has 0 saturated carbocycles. The van der Waals surface area contributed by atoms with Crippen LogP contribution in [0.3, 0.4) is 0 Å². The zero-order valence-electron chi connectivity index (χ0n) is 13.7. The first-order valence-electron chi connectivity index (χ1n) is 7.30. The molecule has 22 heavy (non-hydrogen) atoms. The van der Waals surface area contributed by atoms with E-state index in [0.29, 0.717) is 11.4 Å². The van der Waals surface area contributed by atoms with Gasteiger partial charge in [0.05, 0.1) is 11.1 Å². The van der Waals surface area contributed by atoms with Crippen molar-refractivity contribution in [2.24, 2.45) is 0 Å². The van der Waals surface area contributed by atoms with Crippen LogP contribution in [0.4, 0.5) is 5.82 Å². The lowest BCUT2D eigenvalue weighted by atomic mass is 9.99. The normalized spacial score (nSPS) is 13.5. The lowest BCUT2D eigenvalue weighted by molar-refractivity contribution is 0.0902. The maximum absolute atomic E-state index is 12.7. The fourth-order valence-corrected chi connectivity index (χ4v) is 3.14. The Morgan fingerprint density at radius 2 is 2.00 bits per heavy atom. The molecule has 0 radical (unpaired) electrons. The lowest BCUT2D eigenvalue weighted by Gasteiger charge is -2.27. The highest BCUT2D eigenvalue weighted by Crippen LogP contribution is 2.28. The Labute approximate surface area is 135 Å². The molecule has 0 aliphatic rings. The van der Waals surface area contributed by atoms with Crippen molar-refractivity contribution in [1.82, 2.24) is 15.3 Å². The summed E-state index contributed by atoms with van der Waals surface area (Å²) in [5, 5.41) is 9.02. The van der Waals surface area contributed by atoms with E-state index < -0.39 is 5.54 Å². The van der Waals surface area contributed by atoms with Gasteiger partial charge in [0.2, 0.25) is 0 Å². The average molecular weight is 318 g/mol. The summed E-state index contributed by atoms with van der Waals surface area (Å²) in [5.74, 6) is 0.445. The molecule has 0 spiro atoms. The van der Waals surface area contributed by atoms with Gasteiger partial charge in [-0.2, -0.15) is 0 Å². The van der Waals surface area contributed by atoms with Gasteiger partial charge in [-0.15, -0.1) is 11.3 Å². The largest absolute Gasteiger partial charge is 0.372 e. The second-order valence-corrected chi connectivity index (χ2v) is 6.39. The van der Waals surface area contributed by atoms with Crippen LogP contribution in [-0.4, -0.2) is 22.9 Å². The smallest absolute Gasteiger partial charge is 0.255 e. The molecule has 1 unspecified atom stereocenters. The van der Waals surface area contributed by atoms with Gasteiger partial charge >= 0.3 is 0 Å². The fraction of sp³-hybridized carbons (Fsp3) is 0.438. The summed E-state index contributed by atoms with van der Waals surface area (Å²) >= 11 is 1.57. The van der Waals surface area contributed by atoms with Crippen LogP contribution < -0.4 is 10.6 Å². The summed E-state index contributed by atoms with van der Waals surface area (Å²) in [6.45, 7) is 7.91. The van der Waals surface area contributed by atoms with Crippen LogP contribution >= 0.6 is 11.3 Å². The molecule has 5 nitrogen and oxygen atoms in total. The van der Waals surface area contributed by atoms with E-state index in [1.54, 1.807) is 24.5 Å². The number of rotatable bonds is 5. The van der Waals surface area contributed by atoms with Crippen molar-refractivity contribution < 1.29 is 4.79 Å². The number of carbonyl (C=O) groups is 1. The number of aromatic nitrogens is 2. The molecule has 1 atom stereocenters. The number of amides is 1. The summed E-state index contributed by atoms with van der Waals surface area (Å²) in [6.07, 6.45) is 0.764. The van der Waals surface area contributed by atoms with E-state index in [-0.39, 0.29) is 5.91 Å². The molecule has 0 aliphatic carbocycles. The summed E-state index contributed by atoms with van der Waals surface area (Å²) in [7, 11) is 1.77. The second kappa shape index (κ2) is 6.44. The molecule has 2 aromatic rings. The number of thiazole rings is 1. The highest BCUT2D eigenvalue weighted by atomic mass is 32.1. The first-order valence-corrected chi connectivity index (χ1v) is 8.18. The van der Waals surface area contributed by atoms with Crippen molar-refractivity contribution in [3.63, 3.8) is 0 Å². The van der Waals surface area contributed by atoms with Gasteiger partial charge in [0.25, 0.3) is 5.91 Å². The summed E-state index contributed by atoms with van der Waals surface area (Å²) in [5.41, 5.74) is 1.91. The van der Waals surface area contributed by atoms with Gasteiger partial charge in [0.15, 0.2) is 0 Å². The molecule has 0 bridgehead atoms. The quantitative estimate of drug-likeness (QED) is 0.888. The Morgan fingerprint density at radius 1 is 1.27 bits per heavy atom. The number of hydrogen-bond acceptors (Lipinski definition) is 5. The van der Waals surface area contributed by atoms with E-state index in [4.69, 9.17) is 0 Å². The third kappa shape index (κ3) is 3.27. The van der Waals surface area contributed by atoms with Crippen LogP contribution in [-0.2, 0) is 5.54 Å². The summed E-state index contributed by atoms with van der Waals surface area (Å²) in [4.78, 5) is 21.6. The average Bonchev–Trinajstić information content (AvgIpc) is 2.94. The van der Waals surface area contributed by atoms with Gasteiger partial charge in [-0.05, 0) is 39.3 Å².